The van der Waals surface area contributed by atoms with E-state index in [0.29, 0.717) is 11.4 Å². The summed E-state index contributed by atoms with van der Waals surface area (Å²) in [6.45, 7) is 0. The highest BCUT2D eigenvalue weighted by Crippen LogP contribution is 2.22. The van der Waals surface area contributed by atoms with Crippen LogP contribution >= 0.6 is 0 Å². The van der Waals surface area contributed by atoms with Crippen molar-refractivity contribution in [3.63, 3.8) is 0 Å². The van der Waals surface area contributed by atoms with E-state index in [1.54, 1.807) is 24.3 Å². The molecule has 76 valence electrons. The van der Waals surface area contributed by atoms with E-state index in [2.05, 4.69) is 4.74 Å². The fourth-order valence-electron chi connectivity index (χ4n) is 1.41. The Bertz CT molecular complexity index is 522. The summed E-state index contributed by atoms with van der Waals surface area (Å²) in [7, 11) is 0. The van der Waals surface area contributed by atoms with E-state index in [0.717, 1.165) is 10.8 Å². The van der Waals surface area contributed by atoms with Crippen LogP contribution in [0.5, 0.6) is 5.75 Å². The number of rotatable bonds is 1. The molecule has 0 radical (unpaired) electrons. The Labute approximate surface area is 85.9 Å². The summed E-state index contributed by atoms with van der Waals surface area (Å²) in [5.74, 6) is 0.305. The highest BCUT2D eigenvalue weighted by Gasteiger charge is 2.01. The molecule has 0 heterocycles. The maximum absolute atomic E-state index is 10.3. The van der Waals surface area contributed by atoms with Gasteiger partial charge in [0.25, 0.3) is 0 Å². The van der Waals surface area contributed by atoms with Crippen LogP contribution in [0.15, 0.2) is 36.4 Å². The Balaban J connectivity index is 2.47. The quantitative estimate of drug-likeness (QED) is 0.424. The van der Waals surface area contributed by atoms with Crippen LogP contribution in [-0.4, -0.2) is 11.3 Å². The average Bonchev–Trinajstić information content (AvgIpc) is 2.17. The minimum Gasteiger partial charge on any atom is -0.449 e. The normalized spacial score (nSPS) is 10.1. The largest absolute Gasteiger partial charge is 0.511 e. The van der Waals surface area contributed by atoms with Crippen LogP contribution in [0.4, 0.5) is 10.5 Å². The predicted molar refractivity (Wildman–Crippen MR) is 57.0 cm³/mol. The van der Waals surface area contributed by atoms with E-state index >= 15 is 0 Å². The molecule has 0 atom stereocenters. The molecular formula is C11H9NO3. The minimum absolute atomic E-state index is 0.305. The number of nitrogen functional groups attached to an aromatic ring is 1. The molecule has 0 amide bonds. The monoisotopic (exact) mass is 203 g/mol. The van der Waals surface area contributed by atoms with Gasteiger partial charge in [0.05, 0.1) is 0 Å². The van der Waals surface area contributed by atoms with E-state index in [1.165, 1.54) is 0 Å². The van der Waals surface area contributed by atoms with E-state index in [4.69, 9.17) is 10.8 Å². The van der Waals surface area contributed by atoms with Gasteiger partial charge < -0.3 is 15.6 Å². The fourth-order valence-corrected chi connectivity index (χ4v) is 1.41. The summed E-state index contributed by atoms with van der Waals surface area (Å²) in [6, 6.07) is 10.4. The van der Waals surface area contributed by atoms with Crippen molar-refractivity contribution in [2.75, 3.05) is 5.73 Å². The molecule has 0 aromatic heterocycles. The molecule has 0 fully saturated rings. The number of ether oxygens (including phenoxy) is 1. The zero-order valence-corrected chi connectivity index (χ0v) is 7.81. The summed E-state index contributed by atoms with van der Waals surface area (Å²) < 4.78 is 4.54. The van der Waals surface area contributed by atoms with Gasteiger partial charge in [-0.05, 0) is 35.0 Å². The van der Waals surface area contributed by atoms with E-state index in [1.807, 2.05) is 12.1 Å². The second kappa shape index (κ2) is 3.49. The second-order valence-corrected chi connectivity index (χ2v) is 3.14. The van der Waals surface area contributed by atoms with Gasteiger partial charge in [-0.15, -0.1) is 0 Å². The summed E-state index contributed by atoms with van der Waals surface area (Å²) in [5.41, 5.74) is 6.29. The fraction of sp³-hybridized carbons (Fsp3) is 0. The van der Waals surface area contributed by atoms with Gasteiger partial charge in [-0.1, -0.05) is 12.1 Å². The van der Waals surface area contributed by atoms with E-state index < -0.39 is 6.16 Å². The molecule has 0 aliphatic rings. The van der Waals surface area contributed by atoms with Crippen LogP contribution in [0.1, 0.15) is 0 Å². The summed E-state index contributed by atoms with van der Waals surface area (Å²) >= 11 is 0. The third-order valence-corrected chi connectivity index (χ3v) is 2.04. The molecule has 15 heavy (non-hydrogen) atoms. The smallest absolute Gasteiger partial charge is 0.449 e. The third-order valence-electron chi connectivity index (χ3n) is 2.04. The van der Waals surface area contributed by atoms with Crippen molar-refractivity contribution in [1.29, 1.82) is 0 Å². The van der Waals surface area contributed by atoms with E-state index in [-0.39, 0.29) is 0 Å². The van der Waals surface area contributed by atoms with Crippen LogP contribution < -0.4 is 10.5 Å². The van der Waals surface area contributed by atoms with Crippen molar-refractivity contribution < 1.29 is 14.6 Å². The summed E-state index contributed by atoms with van der Waals surface area (Å²) in [5, 5.41) is 10.3. The van der Waals surface area contributed by atoms with Gasteiger partial charge in [0, 0.05) is 5.69 Å². The minimum atomic E-state index is -1.32. The van der Waals surface area contributed by atoms with Gasteiger partial charge in [-0.2, -0.15) is 0 Å². The first kappa shape index (κ1) is 9.33. The Morgan fingerprint density at radius 1 is 1.13 bits per heavy atom. The number of anilines is 1. The van der Waals surface area contributed by atoms with Gasteiger partial charge in [0.2, 0.25) is 0 Å². The number of carbonyl (C=O) groups is 1. The Morgan fingerprint density at radius 3 is 2.53 bits per heavy atom. The second-order valence-electron chi connectivity index (χ2n) is 3.14. The third kappa shape index (κ3) is 1.99. The predicted octanol–water partition coefficient (Wildman–Crippen LogP) is 2.48. The topological polar surface area (TPSA) is 72.5 Å². The van der Waals surface area contributed by atoms with E-state index in [9.17, 15) is 4.79 Å². The van der Waals surface area contributed by atoms with Crippen LogP contribution in [0, 0.1) is 0 Å². The summed E-state index contributed by atoms with van der Waals surface area (Å²) in [4.78, 5) is 10.3. The first-order valence-corrected chi connectivity index (χ1v) is 4.35. The molecule has 2 aromatic carbocycles. The average molecular weight is 203 g/mol. The molecule has 2 aromatic rings. The zero-order chi connectivity index (χ0) is 10.8. The molecule has 2 rings (SSSR count). The highest BCUT2D eigenvalue weighted by atomic mass is 16.7. The number of hydrogen-bond donors (Lipinski definition) is 2. The standard InChI is InChI=1S/C11H9NO3/c12-9-3-1-8-6-10(15-11(13)14)4-2-7(8)5-9/h1-6H,12H2,(H,13,14). The molecule has 0 saturated heterocycles. The molecule has 4 nitrogen and oxygen atoms in total. The lowest BCUT2D eigenvalue weighted by molar-refractivity contribution is 0.144. The van der Waals surface area contributed by atoms with Crippen molar-refractivity contribution in [3.05, 3.63) is 36.4 Å². The summed E-state index contributed by atoms with van der Waals surface area (Å²) in [6.07, 6.45) is -1.32. The molecule has 0 unspecified atom stereocenters. The van der Waals surface area contributed by atoms with Crippen LogP contribution in [-0.2, 0) is 0 Å². The SMILES string of the molecule is Nc1ccc2cc(OC(=O)O)ccc2c1. The van der Waals surface area contributed by atoms with Gasteiger partial charge in [-0.25, -0.2) is 4.79 Å². The Kier molecular flexibility index (Phi) is 2.17. The lowest BCUT2D eigenvalue weighted by atomic mass is 10.1. The molecule has 0 aliphatic carbocycles. The number of benzene rings is 2. The van der Waals surface area contributed by atoms with Gasteiger partial charge in [0.1, 0.15) is 5.75 Å². The number of fused-ring (bicyclic) bond motifs is 1. The van der Waals surface area contributed by atoms with Crippen LogP contribution in [0.3, 0.4) is 0 Å². The first-order valence-electron chi connectivity index (χ1n) is 4.35. The molecule has 0 bridgehead atoms. The molecule has 3 N–H and O–H groups in total. The maximum Gasteiger partial charge on any atom is 0.511 e. The van der Waals surface area contributed by atoms with Gasteiger partial charge >= 0.3 is 6.16 Å². The molecule has 0 aliphatic heterocycles. The van der Waals surface area contributed by atoms with Crippen LogP contribution in [0.25, 0.3) is 10.8 Å². The zero-order valence-electron chi connectivity index (χ0n) is 7.81. The van der Waals surface area contributed by atoms with Crippen LogP contribution in [0.2, 0.25) is 0 Å². The molecule has 0 saturated carbocycles. The lowest BCUT2D eigenvalue weighted by Gasteiger charge is -2.02. The highest BCUT2D eigenvalue weighted by molar-refractivity contribution is 5.86. The van der Waals surface area contributed by atoms with Gasteiger partial charge in [-0.3, -0.25) is 0 Å². The lowest BCUT2D eigenvalue weighted by Crippen LogP contribution is -2.02. The maximum atomic E-state index is 10.3. The van der Waals surface area contributed by atoms with Crippen molar-refractivity contribution in [2.24, 2.45) is 0 Å². The van der Waals surface area contributed by atoms with Crippen molar-refractivity contribution in [3.8, 4) is 5.75 Å². The van der Waals surface area contributed by atoms with Crippen molar-refractivity contribution in [2.45, 2.75) is 0 Å². The van der Waals surface area contributed by atoms with Crippen molar-refractivity contribution >= 4 is 22.6 Å². The molecule has 0 spiro atoms. The Hall–Kier alpha value is -2.23. The Morgan fingerprint density at radius 2 is 1.80 bits per heavy atom. The number of carboxylic acid groups (broad SMARTS) is 1. The number of nitrogens with two attached hydrogens (primary N) is 1. The molecule has 4 heteroatoms. The van der Waals surface area contributed by atoms with Gasteiger partial charge in [0.15, 0.2) is 0 Å². The number of hydrogen-bond acceptors (Lipinski definition) is 3. The van der Waals surface area contributed by atoms with Crippen molar-refractivity contribution in [1.82, 2.24) is 0 Å². The molecular weight excluding hydrogens is 194 g/mol. The first-order chi connectivity index (χ1) is 7.15.